The van der Waals surface area contributed by atoms with Gasteiger partial charge in [-0.15, -0.1) is 0 Å². The zero-order valence-corrected chi connectivity index (χ0v) is 13.1. The van der Waals surface area contributed by atoms with Gasteiger partial charge < -0.3 is 5.11 Å². The quantitative estimate of drug-likeness (QED) is 0.786. The Balaban J connectivity index is 2.80. The average molecular weight is 267 g/mol. The minimum absolute atomic E-state index is 0.169. The zero-order valence-electron chi connectivity index (χ0n) is 13.1. The molecule has 0 aliphatic rings. The lowest BCUT2D eigenvalue weighted by Gasteiger charge is -2.43. The molecule has 1 N–H and O–H groups in total. The van der Waals surface area contributed by atoms with Crippen LogP contribution in [0, 0.1) is 0 Å². The lowest BCUT2D eigenvalue weighted by Crippen LogP contribution is -2.54. The highest BCUT2D eigenvalue weighted by Gasteiger charge is 2.35. The highest BCUT2D eigenvalue weighted by atomic mass is 16.3. The van der Waals surface area contributed by atoms with Gasteiger partial charge in [-0.05, 0) is 38.9 Å². The molecule has 0 amide bonds. The lowest BCUT2D eigenvalue weighted by atomic mass is 9.86. The molecule has 2 atom stereocenters. The Morgan fingerprint density at radius 2 is 1.95 bits per heavy atom. The van der Waals surface area contributed by atoms with Crippen LogP contribution in [0.4, 0.5) is 0 Å². The standard InChI is InChI=1S/C15H29N3O/c1-6-15(5,17(7-2)8-3)14(19)10-13-11-16-18(9-4)12-13/h11-12,14,19H,6-10H2,1-5H3. The van der Waals surface area contributed by atoms with Crippen molar-refractivity contribution in [3.63, 3.8) is 0 Å². The molecule has 0 radical (unpaired) electrons. The van der Waals surface area contributed by atoms with Gasteiger partial charge in [0.25, 0.3) is 0 Å². The number of hydrogen-bond acceptors (Lipinski definition) is 3. The molecule has 0 aromatic carbocycles. The van der Waals surface area contributed by atoms with E-state index in [1.807, 2.05) is 17.1 Å². The van der Waals surface area contributed by atoms with E-state index < -0.39 is 0 Å². The summed E-state index contributed by atoms with van der Waals surface area (Å²) in [6.45, 7) is 13.5. The Morgan fingerprint density at radius 1 is 1.32 bits per heavy atom. The first-order chi connectivity index (χ1) is 9.01. The molecule has 0 bridgehead atoms. The van der Waals surface area contributed by atoms with Crippen LogP contribution in [0.25, 0.3) is 0 Å². The second-order valence-corrected chi connectivity index (χ2v) is 5.31. The van der Waals surface area contributed by atoms with Gasteiger partial charge in [-0.1, -0.05) is 20.8 Å². The molecule has 1 aromatic rings. The Hall–Kier alpha value is -0.870. The summed E-state index contributed by atoms with van der Waals surface area (Å²) in [6, 6.07) is 0. The van der Waals surface area contributed by atoms with E-state index in [9.17, 15) is 5.11 Å². The van der Waals surface area contributed by atoms with E-state index in [1.165, 1.54) is 0 Å². The minimum atomic E-state index is -0.369. The van der Waals surface area contributed by atoms with E-state index in [1.54, 1.807) is 0 Å². The Labute approximate surface area is 117 Å². The molecule has 110 valence electrons. The molecule has 0 saturated carbocycles. The van der Waals surface area contributed by atoms with Crippen molar-refractivity contribution in [3.8, 4) is 0 Å². The van der Waals surface area contributed by atoms with Gasteiger partial charge >= 0.3 is 0 Å². The monoisotopic (exact) mass is 267 g/mol. The molecule has 0 aliphatic heterocycles. The first kappa shape index (κ1) is 16.2. The molecule has 1 aromatic heterocycles. The topological polar surface area (TPSA) is 41.3 Å². The summed E-state index contributed by atoms with van der Waals surface area (Å²) in [6.07, 6.45) is 5.14. The Bertz CT molecular complexity index is 373. The van der Waals surface area contributed by atoms with Crippen molar-refractivity contribution in [3.05, 3.63) is 18.0 Å². The number of likely N-dealkylation sites (N-methyl/N-ethyl adjacent to an activating group) is 1. The molecule has 19 heavy (non-hydrogen) atoms. The van der Waals surface area contributed by atoms with Crippen molar-refractivity contribution >= 4 is 0 Å². The van der Waals surface area contributed by atoms with Gasteiger partial charge in [0.15, 0.2) is 0 Å². The third-order valence-electron chi connectivity index (χ3n) is 4.36. The SMILES string of the molecule is CCN(CC)C(C)(CC)C(O)Cc1cnn(CC)c1. The maximum Gasteiger partial charge on any atom is 0.0762 e. The number of aromatic nitrogens is 2. The first-order valence-electron chi connectivity index (χ1n) is 7.46. The van der Waals surface area contributed by atoms with Gasteiger partial charge in [-0.2, -0.15) is 5.10 Å². The van der Waals surface area contributed by atoms with E-state index in [-0.39, 0.29) is 11.6 Å². The van der Waals surface area contributed by atoms with Gasteiger partial charge in [0.1, 0.15) is 0 Å². The second-order valence-electron chi connectivity index (χ2n) is 5.31. The molecule has 1 rings (SSSR count). The minimum Gasteiger partial charge on any atom is -0.391 e. The fourth-order valence-electron chi connectivity index (χ4n) is 2.74. The summed E-state index contributed by atoms with van der Waals surface area (Å²) < 4.78 is 1.91. The molecular weight excluding hydrogens is 238 g/mol. The summed E-state index contributed by atoms with van der Waals surface area (Å²) in [5, 5.41) is 14.9. The van der Waals surface area contributed by atoms with Crippen molar-refractivity contribution < 1.29 is 5.11 Å². The summed E-state index contributed by atoms with van der Waals surface area (Å²) in [4.78, 5) is 2.35. The number of nitrogens with zero attached hydrogens (tertiary/aromatic N) is 3. The summed E-state index contributed by atoms with van der Waals surface area (Å²) in [7, 11) is 0. The van der Waals surface area contributed by atoms with E-state index in [4.69, 9.17) is 0 Å². The normalized spacial score (nSPS) is 16.6. The van der Waals surface area contributed by atoms with Crippen molar-refractivity contribution in [2.45, 2.75) is 65.6 Å². The largest absolute Gasteiger partial charge is 0.391 e. The maximum atomic E-state index is 10.7. The molecule has 2 unspecified atom stereocenters. The summed E-state index contributed by atoms with van der Waals surface area (Å²) >= 11 is 0. The predicted octanol–water partition coefficient (Wildman–Crippen LogP) is 2.32. The molecule has 0 fully saturated rings. The highest BCUT2D eigenvalue weighted by Crippen LogP contribution is 2.25. The Kier molecular flexibility index (Phi) is 6.01. The number of rotatable bonds is 8. The molecule has 0 saturated heterocycles. The number of aryl methyl sites for hydroxylation is 1. The van der Waals surface area contributed by atoms with Gasteiger partial charge in [0.2, 0.25) is 0 Å². The predicted molar refractivity (Wildman–Crippen MR) is 79.2 cm³/mol. The van der Waals surface area contributed by atoms with Gasteiger partial charge in [0.05, 0.1) is 12.3 Å². The molecular formula is C15H29N3O. The smallest absolute Gasteiger partial charge is 0.0762 e. The lowest BCUT2D eigenvalue weighted by molar-refractivity contribution is -0.0190. The van der Waals surface area contributed by atoms with Crippen molar-refractivity contribution in [2.75, 3.05) is 13.1 Å². The number of hydrogen-bond donors (Lipinski definition) is 1. The summed E-state index contributed by atoms with van der Waals surface area (Å²) in [5.74, 6) is 0. The Morgan fingerprint density at radius 3 is 2.37 bits per heavy atom. The zero-order chi connectivity index (χ0) is 14.5. The van der Waals surface area contributed by atoms with Crippen LogP contribution in [-0.4, -0.2) is 44.5 Å². The van der Waals surface area contributed by atoms with Crippen LogP contribution in [0.1, 0.15) is 46.6 Å². The van der Waals surface area contributed by atoms with Crippen molar-refractivity contribution in [1.82, 2.24) is 14.7 Å². The number of aliphatic hydroxyl groups is 1. The molecule has 4 nitrogen and oxygen atoms in total. The highest BCUT2D eigenvalue weighted by molar-refractivity contribution is 5.08. The van der Waals surface area contributed by atoms with Gasteiger partial charge in [-0.3, -0.25) is 9.58 Å². The van der Waals surface area contributed by atoms with Crippen LogP contribution in [0.2, 0.25) is 0 Å². The fourth-order valence-corrected chi connectivity index (χ4v) is 2.74. The van der Waals surface area contributed by atoms with Crippen LogP contribution in [0.15, 0.2) is 12.4 Å². The van der Waals surface area contributed by atoms with E-state index in [2.05, 4.69) is 44.6 Å². The van der Waals surface area contributed by atoms with Crippen LogP contribution in [0.5, 0.6) is 0 Å². The van der Waals surface area contributed by atoms with Crippen LogP contribution in [0.3, 0.4) is 0 Å². The van der Waals surface area contributed by atoms with E-state index in [0.29, 0.717) is 6.42 Å². The molecule has 4 heteroatoms. The third-order valence-corrected chi connectivity index (χ3v) is 4.36. The number of aliphatic hydroxyl groups excluding tert-OH is 1. The van der Waals surface area contributed by atoms with Crippen LogP contribution < -0.4 is 0 Å². The van der Waals surface area contributed by atoms with Crippen LogP contribution >= 0.6 is 0 Å². The van der Waals surface area contributed by atoms with Gasteiger partial charge in [0, 0.05) is 24.7 Å². The molecule has 0 aliphatic carbocycles. The van der Waals surface area contributed by atoms with E-state index >= 15 is 0 Å². The van der Waals surface area contributed by atoms with Gasteiger partial charge in [-0.25, -0.2) is 0 Å². The second kappa shape index (κ2) is 7.06. The van der Waals surface area contributed by atoms with Crippen LogP contribution in [-0.2, 0) is 13.0 Å². The van der Waals surface area contributed by atoms with Crippen molar-refractivity contribution in [2.24, 2.45) is 0 Å². The van der Waals surface area contributed by atoms with Crippen molar-refractivity contribution in [1.29, 1.82) is 0 Å². The maximum absolute atomic E-state index is 10.7. The first-order valence-corrected chi connectivity index (χ1v) is 7.46. The fraction of sp³-hybridized carbons (Fsp3) is 0.800. The summed E-state index contributed by atoms with van der Waals surface area (Å²) in [5.41, 5.74) is 0.943. The molecule has 1 heterocycles. The molecule has 0 spiro atoms. The van der Waals surface area contributed by atoms with E-state index in [0.717, 1.165) is 31.6 Å². The third kappa shape index (κ3) is 3.57. The average Bonchev–Trinajstić information content (AvgIpc) is 2.87.